The van der Waals surface area contributed by atoms with E-state index in [1.807, 2.05) is 24.5 Å². The normalized spacial score (nSPS) is 19.6. The first-order valence-corrected chi connectivity index (χ1v) is 11.1. The molecule has 2 aromatic rings. The van der Waals surface area contributed by atoms with Gasteiger partial charge in [-0.05, 0) is 66.8 Å². The van der Waals surface area contributed by atoms with Crippen LogP contribution in [0.25, 0.3) is 11.1 Å². The van der Waals surface area contributed by atoms with Gasteiger partial charge >= 0.3 is 0 Å². The molecule has 2 aliphatic rings. The Morgan fingerprint density at radius 2 is 1.62 bits per heavy atom. The first-order valence-electron chi connectivity index (χ1n) is 11.1. The van der Waals surface area contributed by atoms with Crippen molar-refractivity contribution in [2.75, 3.05) is 19.8 Å². The zero-order chi connectivity index (χ0) is 19.9. The fourth-order valence-corrected chi connectivity index (χ4v) is 4.81. The number of carbonyl (C=O) groups is 1. The van der Waals surface area contributed by atoms with Crippen LogP contribution < -0.4 is 5.32 Å². The summed E-state index contributed by atoms with van der Waals surface area (Å²) in [6.45, 7) is 2.18. The Bertz CT molecular complexity index is 776. The Labute approximate surface area is 174 Å². The summed E-state index contributed by atoms with van der Waals surface area (Å²) < 4.78 is 5.60. The van der Waals surface area contributed by atoms with Crippen molar-refractivity contribution in [1.82, 2.24) is 10.3 Å². The third-order valence-corrected chi connectivity index (χ3v) is 6.72. The number of nitrogens with one attached hydrogen (secondary N) is 1. The minimum absolute atomic E-state index is 0.226. The Hall–Kier alpha value is -2.20. The first kappa shape index (κ1) is 20.1. The van der Waals surface area contributed by atoms with E-state index < -0.39 is 0 Å². The topological polar surface area (TPSA) is 51.2 Å². The number of amides is 1. The molecule has 4 nitrogen and oxygen atoms in total. The predicted octanol–water partition coefficient (Wildman–Crippen LogP) is 4.78. The van der Waals surface area contributed by atoms with Gasteiger partial charge in [0.15, 0.2) is 0 Å². The molecular formula is C25H32N2O2. The molecule has 2 heterocycles. The molecule has 0 bridgehead atoms. The lowest BCUT2D eigenvalue weighted by Crippen LogP contribution is -2.47. The number of pyridine rings is 1. The number of benzene rings is 1. The lowest BCUT2D eigenvalue weighted by atomic mass is 9.74. The van der Waals surface area contributed by atoms with Crippen molar-refractivity contribution in [3.8, 4) is 11.1 Å². The molecule has 0 radical (unpaired) electrons. The van der Waals surface area contributed by atoms with Crippen molar-refractivity contribution in [1.29, 1.82) is 0 Å². The second-order valence-corrected chi connectivity index (χ2v) is 8.72. The molecule has 1 aliphatic carbocycles. The lowest BCUT2D eigenvalue weighted by Gasteiger charge is -2.36. The van der Waals surface area contributed by atoms with E-state index in [1.165, 1.54) is 43.2 Å². The van der Waals surface area contributed by atoms with Crippen LogP contribution in [-0.4, -0.2) is 30.6 Å². The molecule has 154 valence electrons. The molecule has 0 unspecified atom stereocenters. The molecule has 0 atom stereocenters. The molecule has 4 rings (SSSR count). The van der Waals surface area contributed by atoms with Crippen LogP contribution in [0.3, 0.4) is 0 Å². The summed E-state index contributed by atoms with van der Waals surface area (Å²) >= 11 is 0. The Balaban J connectivity index is 1.44. The molecule has 1 aromatic heterocycles. The lowest BCUT2D eigenvalue weighted by molar-refractivity contribution is -0.136. The van der Waals surface area contributed by atoms with Gasteiger partial charge in [0, 0.05) is 32.2 Å². The van der Waals surface area contributed by atoms with Gasteiger partial charge in [-0.2, -0.15) is 0 Å². The summed E-state index contributed by atoms with van der Waals surface area (Å²) in [6, 6.07) is 12.7. The standard InChI is InChI=1S/C25H32N2O2/c28-24(27-19-21-4-2-1-3-5-21)25(12-16-29-17-13-25)18-20-6-8-22(9-7-20)23-10-14-26-15-11-23/h6-11,14-15,21H,1-5,12-13,16-19H2,(H,27,28). The van der Waals surface area contributed by atoms with E-state index in [2.05, 4.69) is 34.6 Å². The van der Waals surface area contributed by atoms with Gasteiger partial charge in [0.1, 0.15) is 0 Å². The number of rotatable bonds is 6. The highest BCUT2D eigenvalue weighted by molar-refractivity contribution is 5.83. The van der Waals surface area contributed by atoms with E-state index in [-0.39, 0.29) is 11.3 Å². The van der Waals surface area contributed by atoms with Crippen molar-refractivity contribution < 1.29 is 9.53 Å². The van der Waals surface area contributed by atoms with Crippen molar-refractivity contribution in [2.45, 2.75) is 51.4 Å². The second-order valence-electron chi connectivity index (χ2n) is 8.72. The van der Waals surface area contributed by atoms with Crippen LogP contribution in [0.4, 0.5) is 0 Å². The molecule has 1 aromatic carbocycles. The number of hydrogen-bond acceptors (Lipinski definition) is 3. The maximum atomic E-state index is 13.3. The summed E-state index contributed by atoms with van der Waals surface area (Å²) in [7, 11) is 0. The average Bonchev–Trinajstić information content (AvgIpc) is 2.80. The van der Waals surface area contributed by atoms with Crippen LogP contribution in [0.2, 0.25) is 0 Å². The van der Waals surface area contributed by atoms with Gasteiger partial charge < -0.3 is 10.1 Å². The maximum absolute atomic E-state index is 13.3. The molecule has 29 heavy (non-hydrogen) atoms. The second kappa shape index (κ2) is 9.53. The molecule has 0 spiro atoms. The monoisotopic (exact) mass is 392 g/mol. The average molecular weight is 393 g/mol. The van der Waals surface area contributed by atoms with E-state index >= 15 is 0 Å². The third kappa shape index (κ3) is 5.05. The Kier molecular flexibility index (Phi) is 6.60. The van der Waals surface area contributed by atoms with E-state index in [0.29, 0.717) is 19.1 Å². The molecule has 2 fully saturated rings. The number of carbonyl (C=O) groups excluding carboxylic acids is 1. The van der Waals surface area contributed by atoms with Crippen LogP contribution in [0, 0.1) is 11.3 Å². The number of hydrogen-bond donors (Lipinski definition) is 1. The van der Waals surface area contributed by atoms with Gasteiger partial charge in [-0.3, -0.25) is 9.78 Å². The molecule has 1 aliphatic heterocycles. The largest absolute Gasteiger partial charge is 0.381 e. The van der Waals surface area contributed by atoms with Crippen LogP contribution in [0.15, 0.2) is 48.8 Å². The summed E-state index contributed by atoms with van der Waals surface area (Å²) in [4.78, 5) is 17.4. The SMILES string of the molecule is O=C(NCC1CCCCC1)C1(Cc2ccc(-c3ccncc3)cc2)CCOCC1. The molecule has 1 N–H and O–H groups in total. The highest BCUT2D eigenvalue weighted by Gasteiger charge is 2.40. The van der Waals surface area contributed by atoms with Crippen LogP contribution in [0.1, 0.15) is 50.5 Å². The number of ether oxygens (including phenoxy) is 1. The third-order valence-electron chi connectivity index (χ3n) is 6.72. The summed E-state index contributed by atoms with van der Waals surface area (Å²) in [5.74, 6) is 0.883. The van der Waals surface area contributed by atoms with Crippen molar-refractivity contribution in [2.24, 2.45) is 11.3 Å². The fourth-order valence-electron chi connectivity index (χ4n) is 4.81. The quantitative estimate of drug-likeness (QED) is 0.769. The molecule has 1 saturated carbocycles. The van der Waals surface area contributed by atoms with Crippen molar-refractivity contribution >= 4 is 5.91 Å². The summed E-state index contributed by atoms with van der Waals surface area (Å²) in [5.41, 5.74) is 3.22. The van der Waals surface area contributed by atoms with E-state index in [9.17, 15) is 4.79 Å². The summed E-state index contributed by atoms with van der Waals surface area (Å²) in [5, 5.41) is 3.32. The summed E-state index contributed by atoms with van der Waals surface area (Å²) in [6.07, 6.45) is 12.5. The zero-order valence-electron chi connectivity index (χ0n) is 17.2. The van der Waals surface area contributed by atoms with Gasteiger partial charge in [-0.15, -0.1) is 0 Å². The van der Waals surface area contributed by atoms with Crippen LogP contribution in [0.5, 0.6) is 0 Å². The molecule has 4 heteroatoms. The van der Waals surface area contributed by atoms with E-state index in [4.69, 9.17) is 4.74 Å². The molecule has 1 amide bonds. The van der Waals surface area contributed by atoms with E-state index in [0.717, 1.165) is 31.4 Å². The highest BCUT2D eigenvalue weighted by Crippen LogP contribution is 2.35. The van der Waals surface area contributed by atoms with E-state index in [1.54, 1.807) is 0 Å². The Morgan fingerprint density at radius 3 is 2.31 bits per heavy atom. The highest BCUT2D eigenvalue weighted by atomic mass is 16.5. The van der Waals surface area contributed by atoms with Gasteiger partial charge in [-0.25, -0.2) is 0 Å². The van der Waals surface area contributed by atoms with Gasteiger partial charge in [0.25, 0.3) is 0 Å². The smallest absolute Gasteiger partial charge is 0.226 e. The minimum atomic E-state index is -0.342. The molecule has 1 saturated heterocycles. The van der Waals surface area contributed by atoms with Crippen molar-refractivity contribution in [3.05, 3.63) is 54.4 Å². The predicted molar refractivity (Wildman–Crippen MR) is 115 cm³/mol. The van der Waals surface area contributed by atoms with Gasteiger partial charge in [-0.1, -0.05) is 43.5 Å². The maximum Gasteiger partial charge on any atom is 0.226 e. The Morgan fingerprint density at radius 1 is 0.966 bits per heavy atom. The van der Waals surface area contributed by atoms with Gasteiger partial charge in [0.2, 0.25) is 5.91 Å². The first-order chi connectivity index (χ1) is 14.3. The van der Waals surface area contributed by atoms with Crippen molar-refractivity contribution in [3.63, 3.8) is 0 Å². The van der Waals surface area contributed by atoms with Crippen LogP contribution in [-0.2, 0) is 16.0 Å². The number of nitrogens with zero attached hydrogens (tertiary/aromatic N) is 1. The van der Waals surface area contributed by atoms with Gasteiger partial charge in [0.05, 0.1) is 5.41 Å². The minimum Gasteiger partial charge on any atom is -0.381 e. The zero-order valence-corrected chi connectivity index (χ0v) is 17.2. The molecular weight excluding hydrogens is 360 g/mol. The number of aromatic nitrogens is 1. The fraction of sp³-hybridized carbons (Fsp3) is 0.520. The van der Waals surface area contributed by atoms with Crippen LogP contribution >= 0.6 is 0 Å².